The molecule has 0 N–H and O–H groups in total. The van der Waals surface area contributed by atoms with Crippen molar-refractivity contribution in [1.29, 1.82) is 0 Å². The lowest BCUT2D eigenvalue weighted by Gasteiger charge is -2.43. The summed E-state index contributed by atoms with van der Waals surface area (Å²) in [6, 6.07) is 5.81. The van der Waals surface area contributed by atoms with Gasteiger partial charge in [0.05, 0.1) is 7.11 Å². The molecule has 2 aromatic rings. The molecule has 0 bridgehead atoms. The second-order valence-corrected chi connectivity index (χ2v) is 7.69. The minimum absolute atomic E-state index is 0.188. The molecule has 1 aliphatic heterocycles. The molecule has 188 valence electrons. The number of esters is 4. The molecule has 0 spiro atoms. The predicted octanol–water partition coefficient (Wildman–Crippen LogP) is 1.17. The Balaban J connectivity index is 2.06. The second kappa shape index (κ2) is 10.6. The van der Waals surface area contributed by atoms with E-state index in [1.165, 1.54) is 18.2 Å². The summed E-state index contributed by atoms with van der Waals surface area (Å²) in [6.07, 6.45) is -7.48. The van der Waals surface area contributed by atoms with Crippen molar-refractivity contribution in [3.63, 3.8) is 0 Å². The largest absolute Gasteiger partial charge is 0.467 e. The van der Waals surface area contributed by atoms with E-state index in [0.29, 0.717) is 16.5 Å². The van der Waals surface area contributed by atoms with Crippen LogP contribution in [0.25, 0.3) is 11.0 Å². The fourth-order valence-corrected chi connectivity index (χ4v) is 3.68. The highest BCUT2D eigenvalue weighted by atomic mass is 16.7. The molecule has 0 radical (unpaired) electrons. The van der Waals surface area contributed by atoms with Gasteiger partial charge in [0, 0.05) is 32.2 Å². The van der Waals surface area contributed by atoms with Crippen molar-refractivity contribution in [2.75, 3.05) is 7.11 Å². The van der Waals surface area contributed by atoms with Gasteiger partial charge in [-0.15, -0.1) is 0 Å². The van der Waals surface area contributed by atoms with Crippen molar-refractivity contribution in [1.82, 2.24) is 0 Å². The number of benzene rings is 1. The van der Waals surface area contributed by atoms with Crippen molar-refractivity contribution >= 4 is 34.8 Å². The Morgan fingerprint density at radius 1 is 0.857 bits per heavy atom. The lowest BCUT2D eigenvalue weighted by molar-refractivity contribution is -0.282. The third-order valence-electron chi connectivity index (χ3n) is 5.01. The Bertz CT molecular complexity index is 1200. The van der Waals surface area contributed by atoms with Crippen LogP contribution in [0, 0.1) is 6.92 Å². The van der Waals surface area contributed by atoms with Gasteiger partial charge in [-0.05, 0) is 30.7 Å². The maximum absolute atomic E-state index is 12.5. The smallest absolute Gasteiger partial charge is 0.339 e. The number of methoxy groups -OCH3 is 1. The lowest BCUT2D eigenvalue weighted by atomic mass is 9.97. The standard InChI is InChI=1S/C23H24O12/c1-10-8-17(27)34-16-7-6-14(9-15(10)16)33-23-21(32-13(4)26)19(31-12(3)25)18(30-11(2)24)20(35-23)22(28)29-5/h6-9,18-21,23H,1-5H3. The Morgan fingerprint density at radius 2 is 1.46 bits per heavy atom. The minimum atomic E-state index is -1.58. The number of fused-ring (bicyclic) bond motifs is 1. The monoisotopic (exact) mass is 492 g/mol. The highest BCUT2D eigenvalue weighted by Gasteiger charge is 2.55. The molecule has 2 heterocycles. The van der Waals surface area contributed by atoms with Crippen molar-refractivity contribution in [2.45, 2.75) is 58.4 Å². The summed E-state index contributed by atoms with van der Waals surface area (Å²) in [6.45, 7) is 4.98. The first-order valence-corrected chi connectivity index (χ1v) is 10.5. The summed E-state index contributed by atoms with van der Waals surface area (Å²) in [4.78, 5) is 59.6. The zero-order chi connectivity index (χ0) is 25.9. The molecule has 5 atom stereocenters. The van der Waals surface area contributed by atoms with Crippen LogP contribution in [0.5, 0.6) is 5.75 Å². The van der Waals surface area contributed by atoms with Gasteiger partial charge in [0.25, 0.3) is 0 Å². The Kier molecular flexibility index (Phi) is 7.75. The maximum atomic E-state index is 12.5. The number of ether oxygens (including phenoxy) is 6. The Labute approximate surface area is 199 Å². The van der Waals surface area contributed by atoms with Gasteiger partial charge in [0.2, 0.25) is 12.4 Å². The molecule has 0 aliphatic carbocycles. The van der Waals surface area contributed by atoms with Crippen LogP contribution in [0.4, 0.5) is 0 Å². The molecule has 12 nitrogen and oxygen atoms in total. The maximum Gasteiger partial charge on any atom is 0.339 e. The number of rotatable bonds is 6. The topological polar surface area (TPSA) is 154 Å². The summed E-state index contributed by atoms with van der Waals surface area (Å²) in [5.41, 5.74) is 0.405. The molecule has 1 aromatic heterocycles. The lowest BCUT2D eigenvalue weighted by Crippen LogP contribution is -2.64. The molecular weight excluding hydrogens is 468 g/mol. The molecule has 3 rings (SSSR count). The molecule has 0 amide bonds. The molecule has 1 aromatic carbocycles. The summed E-state index contributed by atoms with van der Waals surface area (Å²) >= 11 is 0. The van der Waals surface area contributed by atoms with Crippen LogP contribution >= 0.6 is 0 Å². The third kappa shape index (κ3) is 5.96. The first kappa shape index (κ1) is 25.7. The average molecular weight is 492 g/mol. The fraction of sp³-hybridized carbons (Fsp3) is 0.435. The third-order valence-corrected chi connectivity index (χ3v) is 5.01. The quantitative estimate of drug-likeness (QED) is 0.323. The van der Waals surface area contributed by atoms with Crippen molar-refractivity contribution in [2.24, 2.45) is 0 Å². The molecule has 35 heavy (non-hydrogen) atoms. The highest BCUT2D eigenvalue weighted by Crippen LogP contribution is 2.32. The van der Waals surface area contributed by atoms with Crippen LogP contribution in [0.15, 0.2) is 33.5 Å². The number of aryl methyl sites for hydroxylation is 1. The Hall–Kier alpha value is -3.93. The molecular formula is C23H24O12. The molecule has 12 heteroatoms. The van der Waals surface area contributed by atoms with Crippen LogP contribution in [0.3, 0.4) is 0 Å². The number of hydrogen-bond acceptors (Lipinski definition) is 12. The predicted molar refractivity (Wildman–Crippen MR) is 115 cm³/mol. The highest BCUT2D eigenvalue weighted by molar-refractivity contribution is 5.81. The van der Waals surface area contributed by atoms with E-state index < -0.39 is 60.2 Å². The van der Waals surface area contributed by atoms with Gasteiger partial charge in [0.1, 0.15) is 11.3 Å². The summed E-state index contributed by atoms with van der Waals surface area (Å²) in [5.74, 6) is -3.15. The van der Waals surface area contributed by atoms with E-state index in [2.05, 4.69) is 0 Å². The van der Waals surface area contributed by atoms with E-state index >= 15 is 0 Å². The summed E-state index contributed by atoms with van der Waals surface area (Å²) in [5, 5.41) is 0.556. The van der Waals surface area contributed by atoms with Crippen molar-refractivity contribution in [3.05, 3.63) is 40.2 Å². The van der Waals surface area contributed by atoms with E-state index in [1.807, 2.05) is 0 Å². The first-order chi connectivity index (χ1) is 16.5. The van der Waals surface area contributed by atoms with Crippen molar-refractivity contribution < 1.29 is 52.0 Å². The minimum Gasteiger partial charge on any atom is -0.467 e. The first-order valence-electron chi connectivity index (χ1n) is 10.5. The van der Waals surface area contributed by atoms with Crippen LogP contribution in [-0.4, -0.2) is 61.7 Å². The fourth-order valence-electron chi connectivity index (χ4n) is 3.68. The summed E-state index contributed by atoms with van der Waals surface area (Å²) < 4.78 is 37.4. The number of carbonyl (C=O) groups is 4. The van der Waals surface area contributed by atoms with E-state index in [9.17, 15) is 24.0 Å². The van der Waals surface area contributed by atoms with Gasteiger partial charge in [0.15, 0.2) is 18.3 Å². The SMILES string of the molecule is COC(=O)C1OC(Oc2ccc3oc(=O)cc(C)c3c2)C(OC(C)=O)C(OC(C)=O)C1OC(C)=O. The van der Waals surface area contributed by atoms with Crippen LogP contribution < -0.4 is 10.4 Å². The number of carbonyl (C=O) groups excluding carboxylic acids is 4. The van der Waals surface area contributed by atoms with E-state index in [1.54, 1.807) is 13.0 Å². The Morgan fingerprint density at radius 3 is 2.06 bits per heavy atom. The van der Waals surface area contributed by atoms with Crippen molar-refractivity contribution in [3.8, 4) is 5.75 Å². The second-order valence-electron chi connectivity index (χ2n) is 7.69. The molecule has 1 fully saturated rings. The van der Waals surface area contributed by atoms with Crippen LogP contribution in [0.2, 0.25) is 0 Å². The summed E-state index contributed by atoms with van der Waals surface area (Å²) in [7, 11) is 1.09. The molecule has 0 saturated carbocycles. The zero-order valence-electron chi connectivity index (χ0n) is 19.6. The zero-order valence-corrected chi connectivity index (χ0v) is 19.6. The van der Waals surface area contributed by atoms with Crippen LogP contribution in [0.1, 0.15) is 26.3 Å². The van der Waals surface area contributed by atoms with Gasteiger partial charge < -0.3 is 32.8 Å². The van der Waals surface area contributed by atoms with E-state index in [-0.39, 0.29) is 5.75 Å². The average Bonchev–Trinajstić information content (AvgIpc) is 2.76. The molecule has 1 saturated heterocycles. The van der Waals surface area contributed by atoms with E-state index in [0.717, 1.165) is 27.9 Å². The van der Waals surface area contributed by atoms with Gasteiger partial charge >= 0.3 is 29.5 Å². The molecule has 1 aliphatic rings. The normalized spacial score (nSPS) is 23.7. The van der Waals surface area contributed by atoms with E-state index in [4.69, 9.17) is 32.8 Å². The van der Waals surface area contributed by atoms with Gasteiger partial charge in [-0.2, -0.15) is 0 Å². The van der Waals surface area contributed by atoms with Gasteiger partial charge in [-0.1, -0.05) is 0 Å². The van der Waals surface area contributed by atoms with Gasteiger partial charge in [-0.3, -0.25) is 14.4 Å². The van der Waals surface area contributed by atoms with Gasteiger partial charge in [-0.25, -0.2) is 9.59 Å². The molecule has 5 unspecified atom stereocenters. The van der Waals surface area contributed by atoms with Crippen LogP contribution in [-0.2, 0) is 42.9 Å². The number of hydrogen-bond donors (Lipinski definition) is 0.